The zero-order chi connectivity index (χ0) is 14.6. The van der Waals surface area contributed by atoms with Crippen LogP contribution in [0.2, 0.25) is 5.02 Å². The molecule has 0 aliphatic rings. The Morgan fingerprint density at radius 3 is 2.20 bits per heavy atom. The minimum atomic E-state index is -3.73. The fourth-order valence-electron chi connectivity index (χ4n) is 1.60. The first-order valence-electron chi connectivity index (χ1n) is 5.78. The summed E-state index contributed by atoms with van der Waals surface area (Å²) < 4.78 is 24.1. The molecule has 0 aromatic heterocycles. The third-order valence-electron chi connectivity index (χ3n) is 2.60. The van der Waals surface area contributed by atoms with E-state index in [-0.39, 0.29) is 15.7 Å². The smallest absolute Gasteiger partial charge is 0.201 e. The first kappa shape index (κ1) is 14.5. The molecular formula is C15H11ClO3S. The van der Waals surface area contributed by atoms with Gasteiger partial charge in [0, 0.05) is 11.0 Å². The third-order valence-corrected chi connectivity index (χ3v) is 4.51. The highest BCUT2D eigenvalue weighted by molar-refractivity contribution is 7.94. The largest absolute Gasteiger partial charge is 0.289 e. The third kappa shape index (κ3) is 3.35. The Hall–Kier alpha value is -1.91. The lowest BCUT2D eigenvalue weighted by Crippen LogP contribution is -2.00. The molecule has 0 saturated carbocycles. The van der Waals surface area contributed by atoms with Crippen molar-refractivity contribution >= 4 is 27.2 Å². The molecule has 3 nitrogen and oxygen atoms in total. The number of hydrogen-bond donors (Lipinski definition) is 0. The minimum absolute atomic E-state index is 0.0150. The van der Waals surface area contributed by atoms with Crippen molar-refractivity contribution in [2.45, 2.75) is 4.90 Å². The number of halogens is 1. The van der Waals surface area contributed by atoms with Crippen LogP contribution in [0.5, 0.6) is 0 Å². The van der Waals surface area contributed by atoms with Crippen LogP contribution < -0.4 is 0 Å². The summed E-state index contributed by atoms with van der Waals surface area (Å²) in [5.74, 6) is -0.374. The molecule has 0 amide bonds. The molecule has 2 aromatic carbocycles. The molecule has 0 fully saturated rings. The fraction of sp³-hybridized carbons (Fsp3) is 0. The number of sulfone groups is 1. The summed E-state index contributed by atoms with van der Waals surface area (Å²) in [7, 11) is -3.73. The molecule has 0 aliphatic heterocycles. The standard InChI is InChI=1S/C15H11ClO3S/c16-13-8-4-5-9-15(13)20(18,19)11-10-14(17)12-6-2-1-3-7-12/h1-11H/b11-10+. The van der Waals surface area contributed by atoms with E-state index < -0.39 is 9.84 Å². The average molecular weight is 307 g/mol. The summed E-state index contributed by atoms with van der Waals surface area (Å²) in [4.78, 5) is 11.8. The van der Waals surface area contributed by atoms with Crippen molar-refractivity contribution in [3.8, 4) is 0 Å². The molecule has 0 radical (unpaired) electrons. The van der Waals surface area contributed by atoms with E-state index in [1.165, 1.54) is 12.1 Å². The quantitative estimate of drug-likeness (QED) is 0.641. The Bertz CT molecular complexity index is 750. The van der Waals surface area contributed by atoms with Crippen LogP contribution >= 0.6 is 11.6 Å². The van der Waals surface area contributed by atoms with E-state index in [2.05, 4.69) is 0 Å². The molecule has 0 unspecified atom stereocenters. The molecule has 0 bridgehead atoms. The van der Waals surface area contributed by atoms with E-state index in [0.717, 1.165) is 11.5 Å². The van der Waals surface area contributed by atoms with Crippen LogP contribution in [0.15, 0.2) is 71.0 Å². The van der Waals surface area contributed by atoms with Crippen molar-refractivity contribution in [3.63, 3.8) is 0 Å². The predicted molar refractivity (Wildman–Crippen MR) is 78.6 cm³/mol. The van der Waals surface area contributed by atoms with E-state index >= 15 is 0 Å². The Morgan fingerprint density at radius 1 is 0.950 bits per heavy atom. The van der Waals surface area contributed by atoms with Crippen molar-refractivity contribution in [1.82, 2.24) is 0 Å². The van der Waals surface area contributed by atoms with Crippen LogP contribution in [0.25, 0.3) is 0 Å². The molecule has 0 aliphatic carbocycles. The second-order valence-corrected chi connectivity index (χ2v) is 6.22. The number of rotatable bonds is 4. The predicted octanol–water partition coefficient (Wildman–Crippen LogP) is 3.51. The van der Waals surface area contributed by atoms with Gasteiger partial charge >= 0.3 is 0 Å². The highest BCUT2D eigenvalue weighted by Gasteiger charge is 2.14. The number of ketones is 1. The maximum atomic E-state index is 12.1. The van der Waals surface area contributed by atoms with Crippen molar-refractivity contribution in [2.24, 2.45) is 0 Å². The summed E-state index contributed by atoms with van der Waals surface area (Å²) in [5.41, 5.74) is 0.429. The van der Waals surface area contributed by atoms with E-state index in [0.29, 0.717) is 5.56 Å². The Kier molecular flexibility index (Phi) is 4.37. The summed E-state index contributed by atoms with van der Waals surface area (Å²) in [6, 6.07) is 14.5. The molecule has 5 heteroatoms. The van der Waals surface area contributed by atoms with Crippen LogP contribution in [-0.2, 0) is 9.84 Å². The maximum absolute atomic E-state index is 12.1. The van der Waals surface area contributed by atoms with Gasteiger partial charge in [0.05, 0.1) is 9.92 Å². The van der Waals surface area contributed by atoms with Crippen LogP contribution in [0.3, 0.4) is 0 Å². The highest BCUT2D eigenvalue weighted by Crippen LogP contribution is 2.22. The van der Waals surface area contributed by atoms with Gasteiger partial charge in [-0.25, -0.2) is 8.42 Å². The molecule has 2 rings (SSSR count). The molecular weight excluding hydrogens is 296 g/mol. The molecule has 0 spiro atoms. The molecule has 2 aromatic rings. The zero-order valence-electron chi connectivity index (χ0n) is 10.4. The summed E-state index contributed by atoms with van der Waals surface area (Å²) in [5, 5.41) is 1.01. The van der Waals surface area contributed by atoms with Gasteiger partial charge in [-0.05, 0) is 18.2 Å². The normalized spacial score (nSPS) is 11.7. The van der Waals surface area contributed by atoms with Gasteiger partial charge in [0.2, 0.25) is 9.84 Å². The minimum Gasteiger partial charge on any atom is -0.289 e. The van der Waals surface area contributed by atoms with Crippen LogP contribution in [0, 0.1) is 0 Å². The topological polar surface area (TPSA) is 51.2 Å². The lowest BCUT2D eigenvalue weighted by atomic mass is 10.1. The van der Waals surface area contributed by atoms with Gasteiger partial charge in [-0.2, -0.15) is 0 Å². The Morgan fingerprint density at radius 2 is 1.55 bits per heavy atom. The number of benzene rings is 2. The lowest BCUT2D eigenvalue weighted by molar-refractivity contribution is 0.104. The first-order chi connectivity index (χ1) is 9.50. The van der Waals surface area contributed by atoms with Crippen molar-refractivity contribution < 1.29 is 13.2 Å². The fourth-order valence-corrected chi connectivity index (χ4v) is 3.11. The van der Waals surface area contributed by atoms with Crippen molar-refractivity contribution in [3.05, 3.63) is 76.7 Å². The Labute approximate surface area is 122 Å². The highest BCUT2D eigenvalue weighted by atomic mass is 35.5. The van der Waals surface area contributed by atoms with Crippen LogP contribution in [0.4, 0.5) is 0 Å². The van der Waals surface area contributed by atoms with Gasteiger partial charge in [-0.3, -0.25) is 4.79 Å². The molecule has 20 heavy (non-hydrogen) atoms. The summed E-state index contributed by atoms with van der Waals surface area (Å²) in [6.45, 7) is 0. The van der Waals surface area contributed by atoms with Crippen molar-refractivity contribution in [1.29, 1.82) is 0 Å². The van der Waals surface area contributed by atoms with Gasteiger partial charge < -0.3 is 0 Å². The van der Waals surface area contributed by atoms with E-state index in [1.807, 2.05) is 0 Å². The second kappa shape index (κ2) is 6.03. The van der Waals surface area contributed by atoms with Gasteiger partial charge in [0.15, 0.2) is 5.78 Å². The van der Waals surface area contributed by atoms with E-state index in [1.54, 1.807) is 42.5 Å². The number of carbonyl (C=O) groups excluding carboxylic acids is 1. The molecule has 0 heterocycles. The molecule has 102 valence electrons. The summed E-state index contributed by atoms with van der Waals surface area (Å²) >= 11 is 5.84. The van der Waals surface area contributed by atoms with Gasteiger partial charge in [-0.15, -0.1) is 0 Å². The molecule has 0 N–H and O–H groups in total. The number of allylic oxidation sites excluding steroid dienone is 1. The summed E-state index contributed by atoms with van der Waals surface area (Å²) in [6.07, 6.45) is 1.04. The van der Waals surface area contributed by atoms with E-state index in [9.17, 15) is 13.2 Å². The first-order valence-corrected chi connectivity index (χ1v) is 7.70. The van der Waals surface area contributed by atoms with Gasteiger partial charge in [0.25, 0.3) is 0 Å². The Balaban J connectivity index is 2.28. The maximum Gasteiger partial charge on any atom is 0.201 e. The van der Waals surface area contributed by atoms with E-state index in [4.69, 9.17) is 11.6 Å². The number of hydrogen-bond acceptors (Lipinski definition) is 3. The van der Waals surface area contributed by atoms with Crippen LogP contribution in [-0.4, -0.2) is 14.2 Å². The SMILES string of the molecule is O=C(/C=C/S(=O)(=O)c1ccccc1Cl)c1ccccc1. The van der Waals surface area contributed by atoms with Gasteiger partial charge in [0.1, 0.15) is 0 Å². The van der Waals surface area contributed by atoms with Gasteiger partial charge in [-0.1, -0.05) is 54.1 Å². The van der Waals surface area contributed by atoms with Crippen LogP contribution in [0.1, 0.15) is 10.4 Å². The average Bonchev–Trinajstić information content (AvgIpc) is 2.46. The number of carbonyl (C=O) groups is 1. The monoisotopic (exact) mass is 306 g/mol. The lowest BCUT2D eigenvalue weighted by Gasteiger charge is -2.01. The van der Waals surface area contributed by atoms with Crippen molar-refractivity contribution in [2.75, 3.05) is 0 Å². The zero-order valence-corrected chi connectivity index (χ0v) is 11.9. The molecule has 0 atom stereocenters. The molecule has 0 saturated heterocycles. The second-order valence-electron chi connectivity index (χ2n) is 4.01.